The molecule has 92 valence electrons. The van der Waals surface area contributed by atoms with Crippen molar-refractivity contribution in [1.29, 1.82) is 0 Å². The lowest BCUT2D eigenvalue weighted by Crippen LogP contribution is -2.17. The molecule has 0 radical (unpaired) electrons. The molecule has 0 saturated carbocycles. The number of ketones is 1. The molecule has 1 heterocycles. The van der Waals surface area contributed by atoms with E-state index in [4.69, 9.17) is 0 Å². The summed E-state index contributed by atoms with van der Waals surface area (Å²) < 4.78 is 0.883. The molecule has 5 nitrogen and oxygen atoms in total. The number of hydrogen-bond acceptors (Lipinski definition) is 4. The van der Waals surface area contributed by atoms with Gasteiger partial charge in [0.25, 0.3) is 0 Å². The third-order valence-electron chi connectivity index (χ3n) is 2.57. The number of carbonyl (C=O) groups is 1. The SMILES string of the molecule is CC1=CC(=NN=c2ccccn2O)C(C)=CC1=O. The van der Waals surface area contributed by atoms with Gasteiger partial charge < -0.3 is 5.21 Å². The van der Waals surface area contributed by atoms with Crippen molar-refractivity contribution in [2.24, 2.45) is 10.2 Å². The molecule has 0 bridgehead atoms. The van der Waals surface area contributed by atoms with Crippen molar-refractivity contribution < 1.29 is 10.0 Å². The Hall–Kier alpha value is -2.43. The predicted octanol–water partition coefficient (Wildman–Crippen LogP) is 1.46. The number of nitrogens with zero attached hydrogens (tertiary/aromatic N) is 3. The summed E-state index contributed by atoms with van der Waals surface area (Å²) in [5.74, 6) is -0.0108. The average Bonchev–Trinajstić information content (AvgIpc) is 2.34. The van der Waals surface area contributed by atoms with Crippen molar-refractivity contribution >= 4 is 11.5 Å². The molecule has 0 atom stereocenters. The van der Waals surface area contributed by atoms with Crippen LogP contribution in [0.3, 0.4) is 0 Å². The molecule has 18 heavy (non-hydrogen) atoms. The monoisotopic (exact) mass is 243 g/mol. The van der Waals surface area contributed by atoms with Crippen LogP contribution in [0.2, 0.25) is 0 Å². The van der Waals surface area contributed by atoms with Crippen LogP contribution < -0.4 is 5.49 Å². The van der Waals surface area contributed by atoms with E-state index in [-0.39, 0.29) is 5.78 Å². The fourth-order valence-corrected chi connectivity index (χ4v) is 1.49. The summed E-state index contributed by atoms with van der Waals surface area (Å²) in [6, 6.07) is 5.06. The molecule has 1 aliphatic carbocycles. The number of allylic oxidation sites excluding steroid dienone is 4. The fourth-order valence-electron chi connectivity index (χ4n) is 1.49. The molecule has 0 aromatic carbocycles. The minimum atomic E-state index is -0.0108. The van der Waals surface area contributed by atoms with Gasteiger partial charge in [0.1, 0.15) is 0 Å². The van der Waals surface area contributed by atoms with Gasteiger partial charge >= 0.3 is 0 Å². The summed E-state index contributed by atoms with van der Waals surface area (Å²) in [6.07, 6.45) is 4.68. The summed E-state index contributed by atoms with van der Waals surface area (Å²) in [7, 11) is 0. The molecule has 2 rings (SSSR count). The summed E-state index contributed by atoms with van der Waals surface area (Å²) in [5.41, 5.74) is 2.32. The Morgan fingerprint density at radius 1 is 1.11 bits per heavy atom. The van der Waals surface area contributed by atoms with Crippen LogP contribution in [0.5, 0.6) is 0 Å². The van der Waals surface area contributed by atoms with Gasteiger partial charge in [0, 0.05) is 6.20 Å². The van der Waals surface area contributed by atoms with Crippen LogP contribution in [-0.4, -0.2) is 21.4 Å². The van der Waals surface area contributed by atoms with Crippen LogP contribution in [0.1, 0.15) is 13.8 Å². The quantitative estimate of drug-likeness (QED) is 0.461. The molecule has 0 spiro atoms. The van der Waals surface area contributed by atoms with Crippen molar-refractivity contribution in [1.82, 2.24) is 4.73 Å². The smallest absolute Gasteiger partial charge is 0.189 e. The predicted molar refractivity (Wildman–Crippen MR) is 67.1 cm³/mol. The van der Waals surface area contributed by atoms with E-state index < -0.39 is 0 Å². The second kappa shape index (κ2) is 4.83. The van der Waals surface area contributed by atoms with Gasteiger partial charge in [-0.05, 0) is 49.3 Å². The standard InChI is InChI=1S/C13H13N3O2/c1-9-8-12(17)10(2)7-11(9)14-15-13-5-3-4-6-16(13)18/h3-8,18H,1-2H3. The first-order chi connectivity index (χ1) is 8.58. The summed E-state index contributed by atoms with van der Waals surface area (Å²) >= 11 is 0. The third kappa shape index (κ3) is 2.45. The van der Waals surface area contributed by atoms with E-state index in [9.17, 15) is 10.0 Å². The van der Waals surface area contributed by atoms with Crippen LogP contribution in [0.25, 0.3) is 0 Å². The molecule has 0 aliphatic heterocycles. The molecule has 1 aromatic rings. The van der Waals surface area contributed by atoms with Crippen molar-refractivity contribution in [3.8, 4) is 0 Å². The van der Waals surface area contributed by atoms with Gasteiger partial charge in [0.2, 0.25) is 0 Å². The normalized spacial score (nSPS) is 18.9. The van der Waals surface area contributed by atoms with Crippen molar-refractivity contribution in [3.05, 3.63) is 53.2 Å². The highest BCUT2D eigenvalue weighted by Crippen LogP contribution is 2.11. The Kier molecular flexibility index (Phi) is 3.23. The lowest BCUT2D eigenvalue weighted by atomic mass is 9.99. The minimum Gasteiger partial charge on any atom is -0.427 e. The highest BCUT2D eigenvalue weighted by molar-refractivity contribution is 6.21. The van der Waals surface area contributed by atoms with Crippen LogP contribution in [0.4, 0.5) is 0 Å². The third-order valence-corrected chi connectivity index (χ3v) is 2.57. The second-order valence-corrected chi connectivity index (χ2v) is 4.01. The molecule has 1 aromatic heterocycles. The zero-order chi connectivity index (χ0) is 13.1. The molecular weight excluding hydrogens is 230 g/mol. The van der Waals surface area contributed by atoms with Gasteiger partial charge in [-0.25, -0.2) is 0 Å². The van der Waals surface area contributed by atoms with Gasteiger partial charge in [-0.2, -0.15) is 4.73 Å². The van der Waals surface area contributed by atoms with Crippen molar-refractivity contribution in [2.75, 3.05) is 0 Å². The molecule has 0 saturated heterocycles. The van der Waals surface area contributed by atoms with Crippen molar-refractivity contribution in [2.45, 2.75) is 13.8 Å². The summed E-state index contributed by atoms with van der Waals surface area (Å²) in [6.45, 7) is 3.53. The lowest BCUT2D eigenvalue weighted by molar-refractivity contribution is -0.111. The molecule has 0 amide bonds. The van der Waals surface area contributed by atoms with Crippen LogP contribution in [0.15, 0.2) is 57.9 Å². The van der Waals surface area contributed by atoms with Crippen LogP contribution >= 0.6 is 0 Å². The zero-order valence-electron chi connectivity index (χ0n) is 10.2. The van der Waals surface area contributed by atoms with Crippen molar-refractivity contribution in [3.63, 3.8) is 0 Å². The van der Waals surface area contributed by atoms with E-state index in [0.717, 1.165) is 10.3 Å². The van der Waals surface area contributed by atoms with E-state index in [1.807, 2.05) is 0 Å². The highest BCUT2D eigenvalue weighted by atomic mass is 16.5. The van der Waals surface area contributed by atoms with Crippen LogP contribution in [0, 0.1) is 0 Å². The number of carbonyl (C=O) groups excluding carboxylic acids is 1. The summed E-state index contributed by atoms with van der Waals surface area (Å²) in [5, 5.41) is 17.5. The molecule has 5 heteroatoms. The first-order valence-electron chi connectivity index (χ1n) is 5.48. The van der Waals surface area contributed by atoms with E-state index in [2.05, 4.69) is 10.2 Å². The van der Waals surface area contributed by atoms with E-state index in [0.29, 0.717) is 16.8 Å². The maximum Gasteiger partial charge on any atom is 0.189 e. The largest absolute Gasteiger partial charge is 0.427 e. The van der Waals surface area contributed by atoms with E-state index in [1.54, 1.807) is 38.1 Å². The first kappa shape index (κ1) is 12.0. The summed E-state index contributed by atoms with van der Waals surface area (Å²) in [4.78, 5) is 11.4. The molecule has 0 unspecified atom stereocenters. The molecule has 1 aliphatic rings. The van der Waals surface area contributed by atoms with Crippen LogP contribution in [-0.2, 0) is 4.79 Å². The molecule has 0 fully saturated rings. The Morgan fingerprint density at radius 3 is 2.61 bits per heavy atom. The zero-order valence-corrected chi connectivity index (χ0v) is 10.2. The molecular formula is C13H13N3O2. The average molecular weight is 243 g/mol. The number of aromatic nitrogens is 1. The Bertz CT molecular complexity index is 648. The highest BCUT2D eigenvalue weighted by Gasteiger charge is 2.12. The Morgan fingerprint density at radius 2 is 1.89 bits per heavy atom. The van der Waals surface area contributed by atoms with E-state index >= 15 is 0 Å². The van der Waals surface area contributed by atoms with E-state index in [1.165, 1.54) is 12.3 Å². The van der Waals surface area contributed by atoms with Gasteiger partial charge in [-0.15, -0.1) is 10.2 Å². The first-order valence-corrected chi connectivity index (χ1v) is 5.48. The number of pyridine rings is 1. The Labute approximate surface area is 104 Å². The Balaban J connectivity index is 2.42. The number of hydrogen-bond donors (Lipinski definition) is 1. The number of rotatable bonds is 1. The molecule has 1 N–H and O–H groups in total. The maximum absolute atomic E-state index is 11.4. The minimum absolute atomic E-state index is 0.0108. The second-order valence-electron chi connectivity index (χ2n) is 4.01. The van der Waals surface area contributed by atoms with Gasteiger partial charge in [0.15, 0.2) is 11.3 Å². The topological polar surface area (TPSA) is 66.9 Å². The van der Waals surface area contributed by atoms with Gasteiger partial charge in [-0.1, -0.05) is 6.07 Å². The lowest BCUT2D eigenvalue weighted by Gasteiger charge is -2.07. The fraction of sp³-hybridized carbons (Fsp3) is 0.154. The van der Waals surface area contributed by atoms with Gasteiger partial charge in [0.05, 0.1) is 5.71 Å². The van der Waals surface area contributed by atoms with Gasteiger partial charge in [-0.3, -0.25) is 4.79 Å². The maximum atomic E-state index is 11.4.